The van der Waals surface area contributed by atoms with Crippen LogP contribution in [0.1, 0.15) is 87.0 Å². The lowest BCUT2D eigenvalue weighted by atomic mass is 9.43. The molecule has 0 saturated heterocycles. The number of carbonyl (C=O) groups is 5. The summed E-state index contributed by atoms with van der Waals surface area (Å²) < 4.78 is 0. The van der Waals surface area contributed by atoms with E-state index in [4.69, 9.17) is 5.11 Å². The van der Waals surface area contributed by atoms with E-state index in [1.54, 1.807) is 0 Å². The molecule has 4 aliphatic carbocycles. The highest BCUT2D eigenvalue weighted by Crippen LogP contribution is 2.69. The minimum Gasteiger partial charge on any atom is -0.478 e. The average Bonchev–Trinajstić information content (AvgIpc) is 2.99. The lowest BCUT2D eigenvalue weighted by Gasteiger charge is -2.58. The first kappa shape index (κ1) is 27.6. The van der Waals surface area contributed by atoms with Crippen LogP contribution in [0.5, 0.6) is 0 Å². The molecule has 0 radical (unpaired) electrons. The molecule has 4 rings (SSSR count). The smallest absolute Gasteiger partial charge is 0.331 e. The monoisotopic (exact) mass is 512 g/mol. The first-order valence-electron chi connectivity index (χ1n) is 13.4. The number of carboxylic acid groups (broad SMARTS) is 1. The summed E-state index contributed by atoms with van der Waals surface area (Å²) in [6.45, 7) is 12.9. The first-order valence-corrected chi connectivity index (χ1v) is 13.4. The van der Waals surface area contributed by atoms with Gasteiger partial charge in [0.1, 0.15) is 11.6 Å². The molecule has 0 aromatic rings. The van der Waals surface area contributed by atoms with Crippen LogP contribution in [-0.4, -0.2) is 45.4 Å². The number of rotatable bonds is 5. The van der Waals surface area contributed by atoms with Crippen molar-refractivity contribution in [3.63, 3.8) is 0 Å². The molecule has 0 heterocycles. The number of allylic oxidation sites excluding steroid dienone is 2. The Bertz CT molecular complexity index is 1170. The molecular formula is C30H40O7. The van der Waals surface area contributed by atoms with Crippen LogP contribution in [0.4, 0.5) is 0 Å². The molecule has 0 spiro atoms. The highest BCUT2D eigenvalue weighted by atomic mass is 16.4. The quantitative estimate of drug-likeness (QED) is 0.527. The summed E-state index contributed by atoms with van der Waals surface area (Å²) in [5, 5.41) is 19.7. The lowest BCUT2D eigenvalue weighted by molar-refractivity contribution is -0.147. The van der Waals surface area contributed by atoms with Crippen molar-refractivity contribution in [3.8, 4) is 0 Å². The van der Waals surface area contributed by atoms with Gasteiger partial charge in [-0.05, 0) is 55.9 Å². The average molecular weight is 513 g/mol. The number of carboxylic acids is 1. The summed E-state index contributed by atoms with van der Waals surface area (Å²) in [6, 6.07) is 0. The fourth-order valence-electron chi connectivity index (χ4n) is 8.61. The van der Waals surface area contributed by atoms with E-state index >= 15 is 0 Å². The number of ketones is 4. The fraction of sp³-hybridized carbons (Fsp3) is 0.700. The molecule has 7 nitrogen and oxygen atoms in total. The Labute approximate surface area is 218 Å². The summed E-state index contributed by atoms with van der Waals surface area (Å²) in [7, 11) is 0. The van der Waals surface area contributed by atoms with Gasteiger partial charge in [0.05, 0.1) is 11.5 Å². The highest BCUT2D eigenvalue weighted by molar-refractivity contribution is 6.16. The van der Waals surface area contributed by atoms with E-state index in [0.717, 1.165) is 0 Å². The van der Waals surface area contributed by atoms with Gasteiger partial charge in [-0.25, -0.2) is 4.79 Å². The number of fused-ring (bicyclic) bond motifs is 4. The van der Waals surface area contributed by atoms with E-state index < -0.39 is 33.7 Å². The molecule has 2 N–H and O–H groups in total. The molecule has 2 fully saturated rings. The van der Waals surface area contributed by atoms with Crippen molar-refractivity contribution < 1.29 is 34.2 Å². The number of carbonyl (C=O) groups excluding carboxylic acids is 4. The van der Waals surface area contributed by atoms with Crippen molar-refractivity contribution in [1.82, 2.24) is 0 Å². The molecule has 7 heteroatoms. The van der Waals surface area contributed by atoms with E-state index in [0.29, 0.717) is 24.0 Å². The predicted octanol–water partition coefficient (Wildman–Crippen LogP) is 4.26. The molecule has 37 heavy (non-hydrogen) atoms. The van der Waals surface area contributed by atoms with Crippen LogP contribution in [0.15, 0.2) is 22.8 Å². The Morgan fingerprint density at radius 3 is 2.22 bits per heavy atom. The van der Waals surface area contributed by atoms with Crippen LogP contribution < -0.4 is 0 Å². The predicted molar refractivity (Wildman–Crippen MR) is 136 cm³/mol. The first-order chi connectivity index (χ1) is 16.9. The third-order valence-corrected chi connectivity index (χ3v) is 11.0. The molecule has 1 unspecified atom stereocenters. The molecule has 2 saturated carbocycles. The number of aliphatic carboxylic acids is 1. The normalized spacial score (nSPS) is 39.2. The van der Waals surface area contributed by atoms with Crippen LogP contribution in [-0.2, 0) is 24.0 Å². The molecule has 4 aliphatic rings. The molecule has 0 amide bonds. The maximum absolute atomic E-state index is 14.0. The molecule has 0 aliphatic heterocycles. The Kier molecular flexibility index (Phi) is 6.38. The standard InChI is InChI=1S/C30H40O7/c1-15(10-17(31)11-16(2)26(36)37)18-12-23(35)30(7)25-19(32)13-21-27(3,4)22(34)8-9-28(21,5)24(25)20(33)14-29(18,30)6/h11,15,17-18,21,31H,8-10,12-14H2,1-7H3,(H,36,37)/b16-11+/t15-,17-,18-,21?,28+,29-,30+/m1/s1. The Morgan fingerprint density at radius 1 is 1.00 bits per heavy atom. The molecule has 202 valence electrons. The Morgan fingerprint density at radius 2 is 1.62 bits per heavy atom. The van der Waals surface area contributed by atoms with Gasteiger partial charge in [-0.3, -0.25) is 19.2 Å². The van der Waals surface area contributed by atoms with Crippen LogP contribution >= 0.6 is 0 Å². The van der Waals surface area contributed by atoms with E-state index in [9.17, 15) is 29.1 Å². The summed E-state index contributed by atoms with van der Waals surface area (Å²) >= 11 is 0. The van der Waals surface area contributed by atoms with E-state index in [-0.39, 0.29) is 72.1 Å². The van der Waals surface area contributed by atoms with Gasteiger partial charge in [-0.1, -0.05) is 34.6 Å². The second-order valence-electron chi connectivity index (χ2n) is 13.3. The molecule has 0 bridgehead atoms. The minimum atomic E-state index is -1.12. The van der Waals surface area contributed by atoms with Gasteiger partial charge in [-0.15, -0.1) is 0 Å². The second kappa shape index (κ2) is 8.55. The summed E-state index contributed by atoms with van der Waals surface area (Å²) in [5.74, 6) is -2.06. The lowest BCUT2D eigenvalue weighted by Crippen LogP contribution is -2.59. The third kappa shape index (κ3) is 3.67. The van der Waals surface area contributed by atoms with Crippen molar-refractivity contribution >= 4 is 29.1 Å². The summed E-state index contributed by atoms with van der Waals surface area (Å²) in [4.78, 5) is 65.7. The van der Waals surface area contributed by atoms with Crippen LogP contribution in [0, 0.1) is 39.4 Å². The van der Waals surface area contributed by atoms with Crippen LogP contribution in [0.3, 0.4) is 0 Å². The van der Waals surface area contributed by atoms with Crippen molar-refractivity contribution in [3.05, 3.63) is 22.8 Å². The van der Waals surface area contributed by atoms with Crippen molar-refractivity contribution in [2.24, 2.45) is 39.4 Å². The van der Waals surface area contributed by atoms with E-state index in [2.05, 4.69) is 0 Å². The van der Waals surface area contributed by atoms with E-state index in [1.165, 1.54) is 13.0 Å². The van der Waals surface area contributed by atoms with E-state index in [1.807, 2.05) is 41.5 Å². The topological polar surface area (TPSA) is 126 Å². The van der Waals surface area contributed by atoms with Gasteiger partial charge in [0, 0.05) is 53.2 Å². The highest BCUT2D eigenvalue weighted by Gasteiger charge is 2.70. The molecular weight excluding hydrogens is 472 g/mol. The third-order valence-electron chi connectivity index (χ3n) is 11.0. The van der Waals surface area contributed by atoms with Gasteiger partial charge in [-0.2, -0.15) is 0 Å². The Balaban J connectivity index is 1.78. The zero-order chi connectivity index (χ0) is 27.9. The zero-order valence-electron chi connectivity index (χ0n) is 23.1. The van der Waals surface area contributed by atoms with Crippen molar-refractivity contribution in [1.29, 1.82) is 0 Å². The fourth-order valence-corrected chi connectivity index (χ4v) is 8.61. The van der Waals surface area contributed by atoms with Gasteiger partial charge in [0.2, 0.25) is 0 Å². The number of aliphatic hydroxyl groups excluding tert-OH is 1. The minimum absolute atomic E-state index is 0.0466. The maximum atomic E-state index is 14.0. The van der Waals surface area contributed by atoms with Crippen LogP contribution in [0.25, 0.3) is 0 Å². The largest absolute Gasteiger partial charge is 0.478 e. The second-order valence-corrected chi connectivity index (χ2v) is 13.3. The Hall–Kier alpha value is -2.41. The van der Waals surface area contributed by atoms with Gasteiger partial charge < -0.3 is 10.2 Å². The summed E-state index contributed by atoms with van der Waals surface area (Å²) in [6.07, 6.45) is 1.89. The SMILES string of the molecule is C/C(=C\[C@H](O)C[C@@H](C)[C@H]1CC(=O)[C@@]2(C)C3=C(C(=O)C[C@]12C)[C@@]1(C)CCC(=O)C(C)(C)C1CC3=O)C(=O)O. The van der Waals surface area contributed by atoms with Gasteiger partial charge in [0.25, 0.3) is 0 Å². The molecule has 7 atom stereocenters. The van der Waals surface area contributed by atoms with Gasteiger partial charge >= 0.3 is 5.97 Å². The number of hydrogen-bond donors (Lipinski definition) is 2. The van der Waals surface area contributed by atoms with Crippen molar-refractivity contribution in [2.75, 3.05) is 0 Å². The summed E-state index contributed by atoms with van der Waals surface area (Å²) in [5.41, 5.74) is -2.38. The number of aliphatic hydroxyl groups is 1. The van der Waals surface area contributed by atoms with Gasteiger partial charge in [0.15, 0.2) is 11.6 Å². The number of hydrogen-bond acceptors (Lipinski definition) is 6. The van der Waals surface area contributed by atoms with Crippen LogP contribution in [0.2, 0.25) is 0 Å². The maximum Gasteiger partial charge on any atom is 0.331 e. The number of Topliss-reactive ketones (excluding diaryl/α,β-unsaturated/α-hetero) is 4. The van der Waals surface area contributed by atoms with Crippen molar-refractivity contribution in [2.45, 2.75) is 93.1 Å². The molecule has 0 aromatic heterocycles. The zero-order valence-corrected chi connectivity index (χ0v) is 23.1. The molecule has 0 aromatic carbocycles.